The van der Waals surface area contributed by atoms with Crippen LogP contribution in [0.1, 0.15) is 92.4 Å². The largest absolute Gasteiger partial charge is 0.460 e. The van der Waals surface area contributed by atoms with Crippen LogP contribution in [0.3, 0.4) is 0 Å². The van der Waals surface area contributed by atoms with Gasteiger partial charge in [0.2, 0.25) is 0 Å². The van der Waals surface area contributed by atoms with Crippen LogP contribution in [-0.4, -0.2) is 45.2 Å². The summed E-state index contributed by atoms with van der Waals surface area (Å²) in [5, 5.41) is 32.9. The Morgan fingerprint density at radius 3 is 2.41 bits per heavy atom. The van der Waals surface area contributed by atoms with Crippen molar-refractivity contribution < 1.29 is 24.9 Å². The van der Waals surface area contributed by atoms with Gasteiger partial charge in [0.1, 0.15) is 5.60 Å². The quantitative estimate of drug-likeness (QED) is 0.556. The van der Waals surface area contributed by atoms with Gasteiger partial charge in [-0.2, -0.15) is 0 Å². The molecular formula is C27H46O5. The van der Waals surface area contributed by atoms with Gasteiger partial charge in [0.25, 0.3) is 0 Å². The molecule has 0 saturated heterocycles. The standard InChI is InChI=1S/C27H46O5/c1-15(6-9-23(31)32-26(2,3)4)18-7-8-19-24(18)22(30)14-20-25(19)21(29)13-16-12-17(28)10-11-27(16,20)5/h15-22,24-25,28-30H,6-14H2,1-5H3. The van der Waals surface area contributed by atoms with E-state index in [9.17, 15) is 20.1 Å². The second-order valence-electron chi connectivity index (χ2n) is 13.0. The average molecular weight is 451 g/mol. The maximum Gasteiger partial charge on any atom is 0.306 e. The van der Waals surface area contributed by atoms with Crippen molar-refractivity contribution in [2.45, 2.75) is 116 Å². The first-order valence-corrected chi connectivity index (χ1v) is 13.2. The molecule has 4 aliphatic carbocycles. The van der Waals surface area contributed by atoms with Crippen molar-refractivity contribution in [1.82, 2.24) is 0 Å². The van der Waals surface area contributed by atoms with E-state index in [1.165, 1.54) is 0 Å². The molecule has 0 heterocycles. The molecule has 0 aliphatic heterocycles. The second kappa shape index (κ2) is 8.85. The van der Waals surface area contributed by atoms with Crippen LogP contribution in [0, 0.1) is 46.8 Å². The van der Waals surface area contributed by atoms with Crippen LogP contribution in [0.25, 0.3) is 0 Å². The van der Waals surface area contributed by atoms with Crippen molar-refractivity contribution in [2.24, 2.45) is 46.8 Å². The van der Waals surface area contributed by atoms with Crippen LogP contribution in [0.4, 0.5) is 0 Å². The number of carbonyl (C=O) groups excluding carboxylic acids is 1. The maximum absolute atomic E-state index is 12.2. The average Bonchev–Trinajstić information content (AvgIpc) is 3.12. The zero-order valence-corrected chi connectivity index (χ0v) is 20.8. The SMILES string of the molecule is CC(CCC(=O)OC(C)(C)C)C1CCC2C1C(O)CC1C2C(O)CC2CC(O)CCC21C. The Hall–Kier alpha value is -0.650. The molecule has 0 spiro atoms. The molecule has 0 amide bonds. The predicted molar refractivity (Wildman–Crippen MR) is 124 cm³/mol. The molecule has 4 aliphatic rings. The fraction of sp³-hybridized carbons (Fsp3) is 0.963. The topological polar surface area (TPSA) is 87.0 Å². The highest BCUT2D eigenvalue weighted by atomic mass is 16.6. The Kier molecular flexibility index (Phi) is 6.77. The number of hydrogen-bond donors (Lipinski definition) is 3. The van der Waals surface area contributed by atoms with E-state index in [-0.39, 0.29) is 41.5 Å². The van der Waals surface area contributed by atoms with Crippen LogP contribution in [0.15, 0.2) is 0 Å². The zero-order valence-electron chi connectivity index (χ0n) is 20.8. The summed E-state index contributed by atoms with van der Waals surface area (Å²) in [7, 11) is 0. The third-order valence-electron chi connectivity index (χ3n) is 10.00. The molecule has 3 N–H and O–H groups in total. The van der Waals surface area contributed by atoms with E-state index >= 15 is 0 Å². The molecule has 0 aromatic carbocycles. The molecule has 4 saturated carbocycles. The molecule has 0 bridgehead atoms. The van der Waals surface area contributed by atoms with E-state index in [0.29, 0.717) is 36.0 Å². The first-order valence-electron chi connectivity index (χ1n) is 13.2. The van der Waals surface area contributed by atoms with E-state index in [4.69, 9.17) is 4.74 Å². The van der Waals surface area contributed by atoms with Gasteiger partial charge in [-0.15, -0.1) is 0 Å². The van der Waals surface area contributed by atoms with Crippen molar-refractivity contribution in [3.63, 3.8) is 0 Å². The molecular weight excluding hydrogens is 404 g/mol. The molecule has 11 atom stereocenters. The van der Waals surface area contributed by atoms with E-state index in [1.807, 2.05) is 20.8 Å². The minimum absolute atomic E-state index is 0.121. The lowest BCUT2D eigenvalue weighted by Gasteiger charge is -2.61. The predicted octanol–water partition coefficient (Wildman–Crippen LogP) is 4.32. The molecule has 11 unspecified atom stereocenters. The summed E-state index contributed by atoms with van der Waals surface area (Å²) in [6.07, 6.45) is 6.73. The van der Waals surface area contributed by atoms with E-state index in [2.05, 4.69) is 13.8 Å². The van der Waals surface area contributed by atoms with Crippen LogP contribution >= 0.6 is 0 Å². The van der Waals surface area contributed by atoms with Gasteiger partial charge in [0.15, 0.2) is 0 Å². The number of fused-ring (bicyclic) bond motifs is 5. The Labute approximate surface area is 194 Å². The van der Waals surface area contributed by atoms with Crippen molar-refractivity contribution in [2.75, 3.05) is 0 Å². The Balaban J connectivity index is 1.45. The lowest BCUT2D eigenvalue weighted by atomic mass is 9.45. The fourth-order valence-electron chi connectivity index (χ4n) is 8.56. The van der Waals surface area contributed by atoms with Gasteiger partial charge in [0.05, 0.1) is 18.3 Å². The smallest absolute Gasteiger partial charge is 0.306 e. The van der Waals surface area contributed by atoms with Gasteiger partial charge < -0.3 is 20.1 Å². The number of hydrogen-bond acceptors (Lipinski definition) is 5. The Morgan fingerprint density at radius 2 is 1.72 bits per heavy atom. The third kappa shape index (κ3) is 4.51. The summed E-state index contributed by atoms with van der Waals surface area (Å²) < 4.78 is 5.49. The van der Waals surface area contributed by atoms with E-state index in [0.717, 1.165) is 51.4 Å². The minimum Gasteiger partial charge on any atom is -0.460 e. The number of ether oxygens (including phenoxy) is 1. The van der Waals surface area contributed by atoms with Gasteiger partial charge in [-0.05, 0) is 119 Å². The van der Waals surface area contributed by atoms with Crippen molar-refractivity contribution >= 4 is 5.97 Å². The highest BCUT2D eigenvalue weighted by Crippen LogP contribution is 2.64. The van der Waals surface area contributed by atoms with Gasteiger partial charge >= 0.3 is 5.97 Å². The number of carbonyl (C=O) groups is 1. The summed E-state index contributed by atoms with van der Waals surface area (Å²) >= 11 is 0. The van der Waals surface area contributed by atoms with Crippen LogP contribution in [-0.2, 0) is 9.53 Å². The third-order valence-corrected chi connectivity index (χ3v) is 10.00. The molecule has 4 fully saturated rings. The highest BCUT2D eigenvalue weighted by Gasteiger charge is 2.61. The maximum atomic E-state index is 12.2. The normalized spacial score (nSPS) is 47.2. The van der Waals surface area contributed by atoms with Crippen molar-refractivity contribution in [3.05, 3.63) is 0 Å². The Bertz CT molecular complexity index is 686. The second-order valence-corrected chi connectivity index (χ2v) is 13.0. The summed E-state index contributed by atoms with van der Waals surface area (Å²) in [5.41, 5.74) is -0.330. The summed E-state index contributed by atoms with van der Waals surface area (Å²) in [5.74, 6) is 2.20. The lowest BCUT2D eigenvalue weighted by Crippen LogP contribution is -2.59. The Morgan fingerprint density at radius 1 is 1.03 bits per heavy atom. The first-order chi connectivity index (χ1) is 14.9. The molecule has 5 nitrogen and oxygen atoms in total. The first kappa shape index (κ1) is 24.5. The lowest BCUT2D eigenvalue weighted by molar-refractivity contribution is -0.181. The van der Waals surface area contributed by atoms with Gasteiger partial charge in [-0.3, -0.25) is 4.79 Å². The number of aliphatic hydroxyl groups excluding tert-OH is 3. The monoisotopic (exact) mass is 450 g/mol. The number of aliphatic hydroxyl groups is 3. The molecule has 0 radical (unpaired) electrons. The number of rotatable bonds is 4. The molecule has 4 rings (SSSR count). The highest BCUT2D eigenvalue weighted by molar-refractivity contribution is 5.69. The fourth-order valence-corrected chi connectivity index (χ4v) is 8.56. The van der Waals surface area contributed by atoms with Crippen molar-refractivity contribution in [3.8, 4) is 0 Å². The molecule has 0 aromatic rings. The summed E-state index contributed by atoms with van der Waals surface area (Å²) in [6, 6.07) is 0. The van der Waals surface area contributed by atoms with Gasteiger partial charge in [0, 0.05) is 6.42 Å². The summed E-state index contributed by atoms with van der Waals surface area (Å²) in [6.45, 7) is 10.3. The molecule has 184 valence electrons. The van der Waals surface area contributed by atoms with E-state index < -0.39 is 5.60 Å². The van der Waals surface area contributed by atoms with Crippen LogP contribution < -0.4 is 0 Å². The minimum atomic E-state index is -0.451. The molecule has 5 heteroatoms. The van der Waals surface area contributed by atoms with E-state index in [1.54, 1.807) is 0 Å². The number of esters is 1. The molecule has 32 heavy (non-hydrogen) atoms. The zero-order chi connectivity index (χ0) is 23.4. The van der Waals surface area contributed by atoms with Gasteiger partial charge in [-0.25, -0.2) is 0 Å². The van der Waals surface area contributed by atoms with Gasteiger partial charge in [-0.1, -0.05) is 13.8 Å². The van der Waals surface area contributed by atoms with Crippen LogP contribution in [0.5, 0.6) is 0 Å². The summed E-state index contributed by atoms with van der Waals surface area (Å²) in [4.78, 5) is 12.2. The van der Waals surface area contributed by atoms with Crippen LogP contribution in [0.2, 0.25) is 0 Å². The van der Waals surface area contributed by atoms with Crippen molar-refractivity contribution in [1.29, 1.82) is 0 Å². The molecule has 0 aromatic heterocycles.